The average Bonchev–Trinajstić information content (AvgIpc) is 2.37. The van der Waals surface area contributed by atoms with E-state index in [1.165, 1.54) is 6.07 Å². The van der Waals surface area contributed by atoms with E-state index in [0.717, 1.165) is 43.6 Å². The molecule has 104 valence electrons. The Morgan fingerprint density at radius 3 is 2.95 bits per heavy atom. The molecule has 0 saturated carbocycles. The predicted molar refractivity (Wildman–Crippen MR) is 66.3 cm³/mol. The van der Waals surface area contributed by atoms with Crippen LogP contribution in [0.4, 0.5) is 19.0 Å². The van der Waals surface area contributed by atoms with Gasteiger partial charge in [-0.15, -0.1) is 0 Å². The molecule has 2 aliphatic heterocycles. The predicted octanol–water partition coefficient (Wildman–Crippen LogP) is 2.39. The maximum atomic E-state index is 12.8. The normalized spacial score (nSPS) is 26.8. The van der Waals surface area contributed by atoms with E-state index in [2.05, 4.69) is 15.2 Å². The number of fused-ring (bicyclic) bond motifs is 3. The minimum atomic E-state index is -4.32. The van der Waals surface area contributed by atoms with Gasteiger partial charge in [0.2, 0.25) is 0 Å². The van der Waals surface area contributed by atoms with E-state index in [4.69, 9.17) is 0 Å². The zero-order valence-electron chi connectivity index (χ0n) is 10.7. The number of halogens is 3. The highest BCUT2D eigenvalue weighted by Gasteiger charge is 2.37. The van der Waals surface area contributed by atoms with Crippen molar-refractivity contribution in [3.05, 3.63) is 23.4 Å². The number of nitrogens with one attached hydrogen (secondary N) is 1. The second kappa shape index (κ2) is 4.37. The van der Waals surface area contributed by atoms with Crippen molar-refractivity contribution in [3.8, 4) is 0 Å². The molecule has 0 aromatic carbocycles. The van der Waals surface area contributed by atoms with Crippen molar-refractivity contribution in [2.45, 2.75) is 31.5 Å². The van der Waals surface area contributed by atoms with Gasteiger partial charge in [0.05, 0.1) is 5.56 Å². The molecule has 2 atom stereocenters. The molecule has 3 heterocycles. The molecule has 1 aromatic rings. The number of anilines is 1. The molecule has 0 aliphatic carbocycles. The van der Waals surface area contributed by atoms with Gasteiger partial charge in [-0.05, 0) is 24.0 Å². The molecule has 1 aromatic heterocycles. The third-order valence-electron chi connectivity index (χ3n) is 4.00. The summed E-state index contributed by atoms with van der Waals surface area (Å²) in [7, 11) is 0. The average molecular weight is 271 g/mol. The van der Waals surface area contributed by atoms with Crippen LogP contribution in [0.5, 0.6) is 0 Å². The summed E-state index contributed by atoms with van der Waals surface area (Å²) >= 11 is 0. The standard InChI is InChI=1S/C13H16F3N3/c1-8-4-10-7-17-2-3-19(10)12-11(8)5-9(6-18-12)13(14,15)16/h5-6,8,10,17H,2-4,7H2,1H3. The number of alkyl halides is 3. The van der Waals surface area contributed by atoms with Gasteiger partial charge in [0.25, 0.3) is 0 Å². The summed E-state index contributed by atoms with van der Waals surface area (Å²) in [6.45, 7) is 4.52. The molecule has 2 aliphatic rings. The molecule has 1 fully saturated rings. The molecule has 3 rings (SSSR count). The van der Waals surface area contributed by atoms with Gasteiger partial charge in [-0.25, -0.2) is 4.98 Å². The fourth-order valence-corrected chi connectivity index (χ4v) is 3.02. The molecule has 1 N–H and O–H groups in total. The molecule has 0 amide bonds. The molecule has 0 spiro atoms. The van der Waals surface area contributed by atoms with E-state index >= 15 is 0 Å². The molecule has 1 saturated heterocycles. The Morgan fingerprint density at radius 1 is 1.42 bits per heavy atom. The van der Waals surface area contributed by atoms with Crippen molar-refractivity contribution in [2.24, 2.45) is 0 Å². The molecule has 3 nitrogen and oxygen atoms in total. The Bertz CT molecular complexity index is 487. The summed E-state index contributed by atoms with van der Waals surface area (Å²) in [4.78, 5) is 6.24. The maximum Gasteiger partial charge on any atom is 0.417 e. The van der Waals surface area contributed by atoms with E-state index < -0.39 is 11.7 Å². The van der Waals surface area contributed by atoms with Crippen LogP contribution in [0.1, 0.15) is 30.4 Å². The van der Waals surface area contributed by atoms with Gasteiger partial charge < -0.3 is 10.2 Å². The summed E-state index contributed by atoms with van der Waals surface area (Å²) in [5.41, 5.74) is 0.0830. The van der Waals surface area contributed by atoms with Crippen LogP contribution in [0.15, 0.2) is 12.3 Å². The fraction of sp³-hybridized carbons (Fsp3) is 0.615. The monoisotopic (exact) mass is 271 g/mol. The third-order valence-corrected chi connectivity index (χ3v) is 4.00. The number of rotatable bonds is 0. The first-order valence-corrected chi connectivity index (χ1v) is 6.51. The summed E-state index contributed by atoms with van der Waals surface area (Å²) in [5.74, 6) is 0.851. The van der Waals surface area contributed by atoms with E-state index in [1.807, 2.05) is 6.92 Å². The Kier molecular flexibility index (Phi) is 2.92. The van der Waals surface area contributed by atoms with E-state index in [0.29, 0.717) is 6.04 Å². The van der Waals surface area contributed by atoms with Gasteiger partial charge in [0.15, 0.2) is 0 Å². The lowest BCUT2D eigenvalue weighted by molar-refractivity contribution is -0.137. The lowest BCUT2D eigenvalue weighted by Gasteiger charge is -2.43. The number of nitrogens with zero attached hydrogens (tertiary/aromatic N) is 2. The Labute approximate surface area is 109 Å². The summed E-state index contributed by atoms with van der Waals surface area (Å²) in [5, 5.41) is 3.32. The summed E-state index contributed by atoms with van der Waals surface area (Å²) in [6.07, 6.45) is -2.49. The van der Waals surface area contributed by atoms with Gasteiger partial charge in [-0.1, -0.05) is 6.92 Å². The number of aromatic nitrogens is 1. The van der Waals surface area contributed by atoms with Crippen molar-refractivity contribution in [1.82, 2.24) is 10.3 Å². The molecular formula is C13H16F3N3. The van der Waals surface area contributed by atoms with Gasteiger partial charge >= 0.3 is 6.18 Å². The largest absolute Gasteiger partial charge is 0.417 e. The minimum absolute atomic E-state index is 0.117. The van der Waals surface area contributed by atoms with Crippen LogP contribution in [-0.4, -0.2) is 30.7 Å². The molecule has 2 unspecified atom stereocenters. The van der Waals surface area contributed by atoms with Crippen molar-refractivity contribution in [3.63, 3.8) is 0 Å². The Balaban J connectivity index is 2.02. The van der Waals surface area contributed by atoms with Crippen LogP contribution in [0.2, 0.25) is 0 Å². The molecule has 0 bridgehead atoms. The van der Waals surface area contributed by atoms with Gasteiger partial charge in [-0.2, -0.15) is 13.2 Å². The maximum absolute atomic E-state index is 12.8. The molecule has 19 heavy (non-hydrogen) atoms. The van der Waals surface area contributed by atoms with Crippen LogP contribution < -0.4 is 10.2 Å². The summed E-state index contributed by atoms with van der Waals surface area (Å²) < 4.78 is 38.3. The zero-order chi connectivity index (χ0) is 13.6. The first-order chi connectivity index (χ1) is 8.97. The van der Waals surface area contributed by atoms with Gasteiger partial charge in [-0.3, -0.25) is 0 Å². The van der Waals surface area contributed by atoms with Crippen molar-refractivity contribution in [2.75, 3.05) is 24.5 Å². The third kappa shape index (κ3) is 2.18. The number of pyridine rings is 1. The quantitative estimate of drug-likeness (QED) is 0.785. The SMILES string of the molecule is CC1CC2CNCCN2c2ncc(C(F)(F)F)cc21. The molecular weight excluding hydrogens is 255 g/mol. The van der Waals surface area contributed by atoms with Crippen molar-refractivity contribution < 1.29 is 13.2 Å². The minimum Gasteiger partial charge on any atom is -0.351 e. The van der Waals surface area contributed by atoms with Crippen LogP contribution in [0.3, 0.4) is 0 Å². The highest BCUT2D eigenvalue weighted by molar-refractivity contribution is 5.54. The highest BCUT2D eigenvalue weighted by Crippen LogP contribution is 2.40. The summed E-state index contributed by atoms with van der Waals surface area (Å²) in [6, 6.07) is 1.62. The number of hydrogen-bond acceptors (Lipinski definition) is 3. The van der Waals surface area contributed by atoms with Crippen LogP contribution >= 0.6 is 0 Å². The van der Waals surface area contributed by atoms with Crippen LogP contribution in [-0.2, 0) is 6.18 Å². The smallest absolute Gasteiger partial charge is 0.351 e. The lowest BCUT2D eigenvalue weighted by Crippen LogP contribution is -2.54. The Hall–Kier alpha value is -1.30. The highest BCUT2D eigenvalue weighted by atomic mass is 19.4. The van der Waals surface area contributed by atoms with Crippen LogP contribution in [0.25, 0.3) is 0 Å². The van der Waals surface area contributed by atoms with E-state index in [9.17, 15) is 13.2 Å². The lowest BCUT2D eigenvalue weighted by atomic mass is 9.87. The second-order valence-electron chi connectivity index (χ2n) is 5.32. The van der Waals surface area contributed by atoms with E-state index in [-0.39, 0.29) is 5.92 Å². The first kappa shape index (κ1) is 12.7. The number of piperazine rings is 1. The van der Waals surface area contributed by atoms with Gasteiger partial charge in [0, 0.05) is 31.9 Å². The second-order valence-corrected chi connectivity index (χ2v) is 5.32. The Morgan fingerprint density at radius 2 is 2.21 bits per heavy atom. The molecule has 6 heteroatoms. The first-order valence-electron chi connectivity index (χ1n) is 6.51. The van der Waals surface area contributed by atoms with Crippen molar-refractivity contribution in [1.29, 1.82) is 0 Å². The van der Waals surface area contributed by atoms with Gasteiger partial charge in [0.1, 0.15) is 5.82 Å². The zero-order valence-corrected chi connectivity index (χ0v) is 10.7. The molecule has 0 radical (unpaired) electrons. The fourth-order valence-electron chi connectivity index (χ4n) is 3.02. The van der Waals surface area contributed by atoms with Crippen LogP contribution in [0, 0.1) is 0 Å². The van der Waals surface area contributed by atoms with Crippen molar-refractivity contribution >= 4 is 5.82 Å². The number of hydrogen-bond donors (Lipinski definition) is 1. The topological polar surface area (TPSA) is 28.2 Å². The van der Waals surface area contributed by atoms with E-state index in [1.54, 1.807) is 0 Å².